The van der Waals surface area contributed by atoms with Crippen LogP contribution in [0.5, 0.6) is 0 Å². The average molecular weight is 288 g/mol. The number of aromatic nitrogens is 1. The summed E-state index contributed by atoms with van der Waals surface area (Å²) >= 11 is 5.11. The van der Waals surface area contributed by atoms with Crippen molar-refractivity contribution in [1.82, 2.24) is 4.57 Å². The summed E-state index contributed by atoms with van der Waals surface area (Å²) in [6.45, 7) is 1.96. The molecule has 0 bridgehead atoms. The zero-order chi connectivity index (χ0) is 13.9. The lowest BCUT2D eigenvalue weighted by Gasteiger charge is -2.10. The number of rotatable bonds is 5. The summed E-state index contributed by atoms with van der Waals surface area (Å²) in [5.41, 5.74) is 7.96. The molecule has 1 fully saturated rings. The van der Waals surface area contributed by atoms with Gasteiger partial charge in [0, 0.05) is 35.8 Å². The topological polar surface area (TPSA) is 40.2 Å². The molecule has 1 aromatic carbocycles. The van der Waals surface area contributed by atoms with Crippen molar-refractivity contribution in [3.8, 4) is 0 Å². The van der Waals surface area contributed by atoms with Gasteiger partial charge in [0.1, 0.15) is 4.99 Å². The first-order chi connectivity index (χ1) is 9.75. The fourth-order valence-corrected chi connectivity index (χ4v) is 3.17. The van der Waals surface area contributed by atoms with Crippen molar-refractivity contribution in [2.24, 2.45) is 5.73 Å². The van der Waals surface area contributed by atoms with E-state index in [1.165, 1.54) is 18.4 Å². The Hall–Kier alpha value is -1.39. The Balaban J connectivity index is 1.72. The second-order valence-corrected chi connectivity index (χ2v) is 5.83. The number of aryl methyl sites for hydroxylation is 1. The van der Waals surface area contributed by atoms with Gasteiger partial charge in [0.2, 0.25) is 0 Å². The first kappa shape index (κ1) is 13.6. The molecule has 3 rings (SSSR count). The minimum absolute atomic E-state index is 0.465. The zero-order valence-electron chi connectivity index (χ0n) is 11.5. The van der Waals surface area contributed by atoms with Gasteiger partial charge in [-0.1, -0.05) is 24.4 Å². The molecule has 0 radical (unpaired) electrons. The van der Waals surface area contributed by atoms with Gasteiger partial charge in [0.05, 0.1) is 6.10 Å². The third-order valence-corrected chi connectivity index (χ3v) is 4.25. The summed E-state index contributed by atoms with van der Waals surface area (Å²) in [5.74, 6) is 0. The molecular weight excluding hydrogens is 268 g/mol. The second kappa shape index (κ2) is 5.94. The summed E-state index contributed by atoms with van der Waals surface area (Å²) in [4.78, 5) is 0.465. The molecule has 2 N–H and O–H groups in total. The van der Waals surface area contributed by atoms with E-state index < -0.39 is 0 Å². The van der Waals surface area contributed by atoms with E-state index in [4.69, 9.17) is 22.7 Å². The third kappa shape index (κ3) is 2.72. The molecule has 2 heterocycles. The van der Waals surface area contributed by atoms with E-state index in [0.717, 1.165) is 36.9 Å². The third-order valence-electron chi connectivity index (χ3n) is 4.03. The molecule has 3 nitrogen and oxygen atoms in total. The van der Waals surface area contributed by atoms with E-state index in [1.807, 2.05) is 12.1 Å². The van der Waals surface area contributed by atoms with Gasteiger partial charge in [-0.15, -0.1) is 0 Å². The van der Waals surface area contributed by atoms with Crippen LogP contribution in [0.1, 0.15) is 31.2 Å². The predicted octanol–water partition coefficient (Wildman–Crippen LogP) is 3.23. The highest BCUT2D eigenvalue weighted by Crippen LogP contribution is 2.22. The van der Waals surface area contributed by atoms with E-state index in [2.05, 4.69) is 22.9 Å². The lowest BCUT2D eigenvalue weighted by molar-refractivity contribution is 0.101. The maximum Gasteiger partial charge on any atom is 0.104 e. The average Bonchev–Trinajstić information content (AvgIpc) is 3.08. The molecule has 1 saturated heterocycles. The van der Waals surface area contributed by atoms with E-state index in [1.54, 1.807) is 0 Å². The number of thiocarbonyl (C=S) groups is 1. The van der Waals surface area contributed by atoms with Crippen LogP contribution in [-0.4, -0.2) is 22.3 Å². The van der Waals surface area contributed by atoms with Crippen LogP contribution in [0.4, 0.5) is 0 Å². The fraction of sp³-hybridized carbons (Fsp3) is 0.438. The highest BCUT2D eigenvalue weighted by molar-refractivity contribution is 7.80. The smallest absolute Gasteiger partial charge is 0.104 e. The number of nitrogens with zero attached hydrogens (tertiary/aromatic N) is 1. The normalized spacial score (nSPS) is 18.7. The van der Waals surface area contributed by atoms with E-state index in [-0.39, 0.29) is 0 Å². The van der Waals surface area contributed by atoms with Crippen LogP contribution in [0.15, 0.2) is 30.5 Å². The van der Waals surface area contributed by atoms with Gasteiger partial charge in [-0.3, -0.25) is 0 Å². The van der Waals surface area contributed by atoms with Gasteiger partial charge >= 0.3 is 0 Å². The van der Waals surface area contributed by atoms with Crippen molar-refractivity contribution in [3.05, 3.63) is 36.0 Å². The van der Waals surface area contributed by atoms with E-state index in [0.29, 0.717) is 11.1 Å². The number of benzene rings is 1. The first-order valence-electron chi connectivity index (χ1n) is 7.25. The van der Waals surface area contributed by atoms with Crippen molar-refractivity contribution in [2.45, 2.75) is 38.3 Å². The van der Waals surface area contributed by atoms with Crippen LogP contribution in [0, 0.1) is 0 Å². The Labute approximate surface area is 124 Å². The van der Waals surface area contributed by atoms with Crippen molar-refractivity contribution in [3.63, 3.8) is 0 Å². The van der Waals surface area contributed by atoms with Crippen LogP contribution in [0.25, 0.3) is 10.9 Å². The minimum atomic E-state index is 0.465. The molecule has 1 aromatic heterocycles. The lowest BCUT2D eigenvalue weighted by Crippen LogP contribution is -2.09. The summed E-state index contributed by atoms with van der Waals surface area (Å²) < 4.78 is 7.95. The highest BCUT2D eigenvalue weighted by Gasteiger charge is 2.15. The number of nitrogens with two attached hydrogens (primary N) is 1. The summed E-state index contributed by atoms with van der Waals surface area (Å²) in [7, 11) is 0. The summed E-state index contributed by atoms with van der Waals surface area (Å²) in [6, 6.07) is 8.24. The summed E-state index contributed by atoms with van der Waals surface area (Å²) in [5, 5.41) is 1.15. The molecular formula is C16H20N2OS. The van der Waals surface area contributed by atoms with Gasteiger partial charge in [0.25, 0.3) is 0 Å². The standard InChI is InChI=1S/C16H20N2OS/c17-16(20)14-6-1-7-15-13(14)8-10-18(15)9-2-4-12-5-3-11-19-12/h1,6-8,10,12H,2-5,9,11H2,(H2,17,20). The number of hydrogen-bond donors (Lipinski definition) is 1. The number of ether oxygens (including phenoxy) is 1. The molecule has 0 spiro atoms. The zero-order valence-corrected chi connectivity index (χ0v) is 12.4. The number of fused-ring (bicyclic) bond motifs is 1. The number of hydrogen-bond acceptors (Lipinski definition) is 2. The Kier molecular flexibility index (Phi) is 4.03. The van der Waals surface area contributed by atoms with Crippen molar-refractivity contribution < 1.29 is 4.74 Å². The van der Waals surface area contributed by atoms with E-state index >= 15 is 0 Å². The van der Waals surface area contributed by atoms with Crippen molar-refractivity contribution in [2.75, 3.05) is 6.61 Å². The molecule has 1 unspecified atom stereocenters. The van der Waals surface area contributed by atoms with Gasteiger partial charge in [0.15, 0.2) is 0 Å². The van der Waals surface area contributed by atoms with Crippen LogP contribution < -0.4 is 5.73 Å². The van der Waals surface area contributed by atoms with Gasteiger partial charge < -0.3 is 15.0 Å². The Morgan fingerprint density at radius 2 is 2.30 bits per heavy atom. The quantitative estimate of drug-likeness (QED) is 0.859. The van der Waals surface area contributed by atoms with Gasteiger partial charge in [-0.25, -0.2) is 0 Å². The van der Waals surface area contributed by atoms with Crippen molar-refractivity contribution >= 4 is 28.1 Å². The maximum atomic E-state index is 5.78. The predicted molar refractivity (Wildman–Crippen MR) is 86.0 cm³/mol. The second-order valence-electron chi connectivity index (χ2n) is 5.39. The van der Waals surface area contributed by atoms with Gasteiger partial charge in [-0.05, 0) is 37.8 Å². The lowest BCUT2D eigenvalue weighted by atomic mass is 10.1. The Morgan fingerprint density at radius 1 is 1.40 bits per heavy atom. The van der Waals surface area contributed by atoms with Crippen LogP contribution in [-0.2, 0) is 11.3 Å². The van der Waals surface area contributed by atoms with Crippen molar-refractivity contribution in [1.29, 1.82) is 0 Å². The summed E-state index contributed by atoms with van der Waals surface area (Å²) in [6.07, 6.45) is 7.33. The largest absolute Gasteiger partial charge is 0.389 e. The molecule has 0 amide bonds. The molecule has 1 aliphatic heterocycles. The molecule has 1 aliphatic rings. The minimum Gasteiger partial charge on any atom is -0.389 e. The van der Waals surface area contributed by atoms with Crippen LogP contribution >= 0.6 is 12.2 Å². The molecule has 106 valence electrons. The van der Waals surface area contributed by atoms with Gasteiger partial charge in [-0.2, -0.15) is 0 Å². The SMILES string of the molecule is NC(=S)c1cccc2c1ccn2CCCC1CCCO1. The molecule has 0 saturated carbocycles. The molecule has 1 atom stereocenters. The molecule has 20 heavy (non-hydrogen) atoms. The molecule has 2 aromatic rings. The first-order valence-corrected chi connectivity index (χ1v) is 7.66. The Morgan fingerprint density at radius 3 is 3.05 bits per heavy atom. The fourth-order valence-electron chi connectivity index (χ4n) is 2.99. The van der Waals surface area contributed by atoms with Crippen LogP contribution in [0.3, 0.4) is 0 Å². The maximum absolute atomic E-state index is 5.78. The Bertz CT molecular complexity index is 614. The monoisotopic (exact) mass is 288 g/mol. The van der Waals surface area contributed by atoms with E-state index in [9.17, 15) is 0 Å². The van der Waals surface area contributed by atoms with Crippen LogP contribution in [0.2, 0.25) is 0 Å². The molecule has 0 aliphatic carbocycles. The molecule has 4 heteroatoms. The highest BCUT2D eigenvalue weighted by atomic mass is 32.1.